The molecule has 0 aromatic rings. The summed E-state index contributed by atoms with van der Waals surface area (Å²) in [5, 5.41) is 2.74. The SMILES string of the molecule is [CH]=C=CCN(CCOCCOCCOCCOCCOCCNC(=O)CC)CCOCCOCCOCCOCCC(N)=O. The predicted octanol–water partition coefficient (Wildman–Crippen LogP) is -0.0163. The molecule has 0 aromatic carbocycles. The maximum Gasteiger partial charge on any atom is 0.219 e. The Kier molecular flexibility index (Phi) is 34.0. The van der Waals surface area contributed by atoms with Gasteiger partial charge in [0.1, 0.15) is 0 Å². The normalized spacial score (nSPS) is 11.1. The van der Waals surface area contributed by atoms with Crippen molar-refractivity contribution >= 4 is 11.8 Å². The Balaban J connectivity index is 3.47. The summed E-state index contributed by atoms with van der Waals surface area (Å²) < 4.78 is 49.2. The molecule has 0 rings (SSSR count). The van der Waals surface area contributed by atoms with Gasteiger partial charge in [0, 0.05) is 39.0 Å². The van der Waals surface area contributed by atoms with Crippen molar-refractivity contribution in [1.82, 2.24) is 10.2 Å². The van der Waals surface area contributed by atoms with Crippen LogP contribution in [0.15, 0.2) is 11.8 Å². The maximum absolute atomic E-state index is 11.1. The van der Waals surface area contributed by atoms with Gasteiger partial charge in [0.2, 0.25) is 11.8 Å². The molecule has 3 N–H and O–H groups in total. The molecule has 2 amide bonds. The van der Waals surface area contributed by atoms with Crippen LogP contribution in [0.5, 0.6) is 0 Å². The second-order valence-electron chi connectivity index (χ2n) is 9.10. The highest BCUT2D eigenvalue weighted by atomic mass is 16.6. The van der Waals surface area contributed by atoms with Crippen molar-refractivity contribution in [2.75, 3.05) is 145 Å². The third-order valence-corrected chi connectivity index (χ3v) is 5.56. The topological polar surface area (TPSA) is 159 Å². The summed E-state index contributed by atoms with van der Waals surface area (Å²) in [6, 6.07) is 0. The van der Waals surface area contributed by atoms with E-state index < -0.39 is 0 Å². The summed E-state index contributed by atoms with van der Waals surface area (Å²) in [6.45, 7) is 18.4. The van der Waals surface area contributed by atoms with Gasteiger partial charge in [-0.3, -0.25) is 14.5 Å². The maximum atomic E-state index is 11.1. The van der Waals surface area contributed by atoms with Crippen molar-refractivity contribution in [3.63, 3.8) is 0 Å². The van der Waals surface area contributed by atoms with E-state index in [-0.39, 0.29) is 18.2 Å². The van der Waals surface area contributed by atoms with E-state index in [0.717, 1.165) is 13.1 Å². The standard InChI is InChI=1S/C30H56N3O11/c1-3-5-8-33(9-13-38-17-21-42-25-23-40-19-15-36-11-6-29(31)34)10-14-39-18-22-43-26-28-44-27-24-41-20-16-37-12-7-32-30(35)4-2/h1,5H,4,6-28H2,2H3,(H2,31,34)(H,32,35). The van der Waals surface area contributed by atoms with Crippen molar-refractivity contribution in [3.05, 3.63) is 18.4 Å². The van der Waals surface area contributed by atoms with Gasteiger partial charge in [-0.2, -0.15) is 0 Å². The van der Waals surface area contributed by atoms with E-state index in [4.69, 9.17) is 54.9 Å². The van der Waals surface area contributed by atoms with E-state index in [1.807, 2.05) is 6.92 Å². The highest BCUT2D eigenvalue weighted by Gasteiger charge is 2.04. The summed E-state index contributed by atoms with van der Waals surface area (Å²) in [5.41, 5.74) is 7.58. The molecular weight excluding hydrogens is 578 g/mol. The number of hydrogen-bond donors (Lipinski definition) is 2. The van der Waals surface area contributed by atoms with E-state index in [0.29, 0.717) is 138 Å². The number of amides is 2. The third kappa shape index (κ3) is 34.5. The lowest BCUT2D eigenvalue weighted by molar-refractivity contribution is -0.121. The molecular formula is C30H56N3O11. The minimum atomic E-state index is -0.378. The van der Waals surface area contributed by atoms with Crippen LogP contribution in [0.25, 0.3) is 0 Å². The largest absolute Gasteiger partial charge is 0.379 e. The van der Waals surface area contributed by atoms with Crippen LogP contribution in [0.3, 0.4) is 0 Å². The Bertz CT molecular complexity index is 697. The van der Waals surface area contributed by atoms with Crippen LogP contribution < -0.4 is 11.1 Å². The second kappa shape index (κ2) is 35.5. The lowest BCUT2D eigenvalue weighted by atomic mass is 10.4. The van der Waals surface area contributed by atoms with Gasteiger partial charge in [-0.15, -0.1) is 5.73 Å². The van der Waals surface area contributed by atoms with E-state index in [1.165, 1.54) is 0 Å². The van der Waals surface area contributed by atoms with E-state index in [1.54, 1.807) is 6.08 Å². The average Bonchev–Trinajstić information content (AvgIpc) is 3.02. The van der Waals surface area contributed by atoms with Gasteiger partial charge in [0.05, 0.1) is 119 Å². The lowest BCUT2D eigenvalue weighted by Gasteiger charge is -2.20. The lowest BCUT2D eigenvalue weighted by Crippen LogP contribution is -2.31. The Labute approximate surface area is 263 Å². The third-order valence-electron chi connectivity index (χ3n) is 5.56. The fraction of sp³-hybridized carbons (Fsp3) is 0.833. The van der Waals surface area contributed by atoms with Crippen LogP contribution in [0.1, 0.15) is 19.8 Å². The Morgan fingerprint density at radius 1 is 0.636 bits per heavy atom. The minimum absolute atomic E-state index is 0.0215. The molecule has 0 fully saturated rings. The van der Waals surface area contributed by atoms with Crippen molar-refractivity contribution in [2.24, 2.45) is 5.73 Å². The van der Waals surface area contributed by atoms with Gasteiger partial charge in [-0.05, 0) is 12.7 Å². The summed E-state index contributed by atoms with van der Waals surface area (Å²) in [4.78, 5) is 23.8. The summed E-state index contributed by atoms with van der Waals surface area (Å²) in [7, 11) is 0. The first-order chi connectivity index (χ1) is 21.6. The molecule has 0 spiro atoms. The molecule has 0 saturated carbocycles. The number of nitrogens with zero attached hydrogens (tertiary/aromatic N) is 1. The molecule has 0 bridgehead atoms. The average molecular weight is 635 g/mol. The highest BCUT2D eigenvalue weighted by Crippen LogP contribution is 1.92. The van der Waals surface area contributed by atoms with Gasteiger partial charge in [0.15, 0.2) is 0 Å². The molecule has 0 saturated heterocycles. The van der Waals surface area contributed by atoms with Gasteiger partial charge in [0.25, 0.3) is 0 Å². The number of hydrogen-bond acceptors (Lipinski definition) is 12. The molecule has 0 aliphatic rings. The molecule has 0 aliphatic heterocycles. The number of carbonyl (C=O) groups excluding carboxylic acids is 2. The first kappa shape index (κ1) is 42.1. The van der Waals surface area contributed by atoms with Crippen molar-refractivity contribution < 1.29 is 52.2 Å². The molecule has 0 unspecified atom stereocenters. The van der Waals surface area contributed by atoms with Gasteiger partial charge >= 0.3 is 0 Å². The smallest absolute Gasteiger partial charge is 0.219 e. The summed E-state index contributed by atoms with van der Waals surface area (Å²) in [5.74, 6) is -0.357. The van der Waals surface area contributed by atoms with Crippen LogP contribution in [-0.4, -0.2) is 162 Å². The number of carbonyl (C=O) groups is 2. The summed E-state index contributed by atoms with van der Waals surface area (Å²) in [6.07, 6.45) is 2.46. The number of nitrogens with one attached hydrogen (secondary N) is 1. The van der Waals surface area contributed by atoms with E-state index in [9.17, 15) is 9.59 Å². The fourth-order valence-corrected chi connectivity index (χ4v) is 3.17. The molecule has 0 atom stereocenters. The van der Waals surface area contributed by atoms with E-state index in [2.05, 4.69) is 15.9 Å². The number of nitrogens with two attached hydrogens (primary N) is 1. The van der Waals surface area contributed by atoms with Crippen molar-refractivity contribution in [3.8, 4) is 0 Å². The molecule has 0 aromatic heterocycles. The Hall–Kier alpha value is -1.94. The van der Waals surface area contributed by atoms with Gasteiger partial charge in [-0.25, -0.2) is 0 Å². The first-order valence-corrected chi connectivity index (χ1v) is 15.3. The molecule has 1 radical (unpaired) electrons. The van der Waals surface area contributed by atoms with Crippen molar-refractivity contribution in [2.45, 2.75) is 19.8 Å². The molecule has 0 heterocycles. The van der Waals surface area contributed by atoms with Crippen LogP contribution in [0, 0.1) is 6.58 Å². The van der Waals surface area contributed by atoms with E-state index >= 15 is 0 Å². The highest BCUT2D eigenvalue weighted by molar-refractivity contribution is 5.75. The first-order valence-electron chi connectivity index (χ1n) is 15.3. The number of rotatable bonds is 36. The van der Waals surface area contributed by atoms with Crippen molar-refractivity contribution in [1.29, 1.82) is 0 Å². The molecule has 14 heteroatoms. The minimum Gasteiger partial charge on any atom is -0.379 e. The number of ether oxygens (including phenoxy) is 9. The zero-order valence-corrected chi connectivity index (χ0v) is 26.6. The van der Waals surface area contributed by atoms with Crippen LogP contribution >= 0.6 is 0 Å². The quantitative estimate of drug-likeness (QED) is 0.0702. The van der Waals surface area contributed by atoms with Crippen LogP contribution in [0.4, 0.5) is 0 Å². The van der Waals surface area contributed by atoms with Gasteiger partial charge in [-0.1, -0.05) is 6.92 Å². The predicted molar refractivity (Wildman–Crippen MR) is 163 cm³/mol. The molecule has 44 heavy (non-hydrogen) atoms. The second-order valence-corrected chi connectivity index (χ2v) is 9.10. The zero-order valence-electron chi connectivity index (χ0n) is 26.6. The molecule has 257 valence electrons. The summed E-state index contributed by atoms with van der Waals surface area (Å²) >= 11 is 0. The van der Waals surface area contributed by atoms with Crippen LogP contribution in [-0.2, 0) is 52.2 Å². The van der Waals surface area contributed by atoms with Crippen LogP contribution in [0.2, 0.25) is 0 Å². The Morgan fingerprint density at radius 2 is 1.00 bits per heavy atom. The fourth-order valence-electron chi connectivity index (χ4n) is 3.17. The number of primary amides is 1. The zero-order chi connectivity index (χ0) is 32.2. The monoisotopic (exact) mass is 634 g/mol. The molecule has 14 nitrogen and oxygen atoms in total. The van der Waals surface area contributed by atoms with Gasteiger partial charge < -0.3 is 53.7 Å². The Morgan fingerprint density at radius 3 is 1.36 bits per heavy atom. The molecule has 0 aliphatic carbocycles.